The molecule has 2 N–H and O–H groups in total. The van der Waals surface area contributed by atoms with E-state index in [9.17, 15) is 0 Å². The molecule has 0 atom stereocenters. The second-order valence-electron chi connectivity index (χ2n) is 3.84. The van der Waals surface area contributed by atoms with Crippen molar-refractivity contribution in [1.82, 2.24) is 0 Å². The van der Waals surface area contributed by atoms with Crippen LogP contribution in [0, 0.1) is 10.8 Å². The summed E-state index contributed by atoms with van der Waals surface area (Å²) in [6, 6.07) is 15.6. The van der Waals surface area contributed by atoms with Gasteiger partial charge in [-0.25, -0.2) is 0 Å². The van der Waals surface area contributed by atoms with Gasteiger partial charge in [0, 0.05) is 11.1 Å². The Morgan fingerprint density at radius 3 is 1.19 bits per heavy atom. The average molecular weight is 206 g/mol. The van der Waals surface area contributed by atoms with E-state index >= 15 is 0 Å². The summed E-state index contributed by atoms with van der Waals surface area (Å²) in [5.41, 5.74) is 4.44. The Morgan fingerprint density at radius 2 is 0.812 bits per heavy atom. The maximum absolute atomic E-state index is 7.98. The van der Waals surface area contributed by atoms with Crippen molar-refractivity contribution in [3.05, 3.63) is 59.7 Å². The van der Waals surface area contributed by atoms with Gasteiger partial charge in [-0.1, -0.05) is 48.5 Å². The van der Waals surface area contributed by atoms with Crippen molar-refractivity contribution in [1.29, 1.82) is 10.8 Å². The molecule has 0 fully saturated rings. The van der Waals surface area contributed by atoms with Gasteiger partial charge in [0.05, 0.1) is 11.4 Å². The Balaban J connectivity index is 2.41. The second-order valence-corrected chi connectivity index (χ2v) is 3.84. The molecule has 1 aliphatic carbocycles. The van der Waals surface area contributed by atoms with Crippen LogP contribution in [0.5, 0.6) is 0 Å². The molecule has 0 saturated heterocycles. The van der Waals surface area contributed by atoms with Crippen molar-refractivity contribution in [2.75, 3.05) is 0 Å². The number of rotatable bonds is 0. The standard InChI is InChI=1S/C14H10N2/c15-13-11-7-3-1-5-9(11)10-6-2-4-8-12(10)14(13)16/h1-8,15-16H. The van der Waals surface area contributed by atoms with E-state index in [0.29, 0.717) is 11.4 Å². The lowest BCUT2D eigenvalue weighted by molar-refractivity contribution is 1.42. The highest BCUT2D eigenvalue weighted by Gasteiger charge is 2.23. The zero-order valence-corrected chi connectivity index (χ0v) is 8.62. The molecule has 3 rings (SSSR count). The fraction of sp³-hybridized carbons (Fsp3) is 0. The van der Waals surface area contributed by atoms with Gasteiger partial charge in [-0.2, -0.15) is 0 Å². The molecule has 2 aromatic carbocycles. The minimum Gasteiger partial charge on any atom is -0.298 e. The van der Waals surface area contributed by atoms with Crippen molar-refractivity contribution in [2.24, 2.45) is 0 Å². The van der Waals surface area contributed by atoms with E-state index < -0.39 is 0 Å². The van der Waals surface area contributed by atoms with Crippen LogP contribution in [0.4, 0.5) is 0 Å². The van der Waals surface area contributed by atoms with Crippen LogP contribution in [0.2, 0.25) is 0 Å². The van der Waals surface area contributed by atoms with Gasteiger partial charge in [-0.3, -0.25) is 10.8 Å². The Bertz CT molecular complexity index is 556. The maximum Gasteiger partial charge on any atom is 0.0874 e. The van der Waals surface area contributed by atoms with Crippen LogP contribution < -0.4 is 0 Å². The molecule has 0 amide bonds. The van der Waals surface area contributed by atoms with Gasteiger partial charge < -0.3 is 0 Å². The molecule has 0 spiro atoms. The highest BCUT2D eigenvalue weighted by atomic mass is 14.5. The molecule has 1 aliphatic rings. The zero-order chi connectivity index (χ0) is 11.1. The van der Waals surface area contributed by atoms with Crippen LogP contribution in [-0.2, 0) is 0 Å². The third-order valence-electron chi connectivity index (χ3n) is 2.93. The third kappa shape index (κ3) is 1.07. The van der Waals surface area contributed by atoms with E-state index in [1.54, 1.807) is 0 Å². The smallest absolute Gasteiger partial charge is 0.0874 e. The fourth-order valence-corrected chi connectivity index (χ4v) is 2.14. The van der Waals surface area contributed by atoms with Gasteiger partial charge in [0.1, 0.15) is 0 Å². The molecule has 0 heterocycles. The van der Waals surface area contributed by atoms with Crippen molar-refractivity contribution in [3.8, 4) is 11.1 Å². The molecule has 0 unspecified atom stereocenters. The Morgan fingerprint density at radius 1 is 0.500 bits per heavy atom. The van der Waals surface area contributed by atoms with Crippen molar-refractivity contribution >= 4 is 11.4 Å². The van der Waals surface area contributed by atoms with Crippen LogP contribution in [0.3, 0.4) is 0 Å². The van der Waals surface area contributed by atoms with Gasteiger partial charge in [0.15, 0.2) is 0 Å². The first kappa shape index (κ1) is 9.04. The van der Waals surface area contributed by atoms with Crippen LogP contribution in [0.1, 0.15) is 11.1 Å². The van der Waals surface area contributed by atoms with E-state index in [-0.39, 0.29) is 0 Å². The highest BCUT2D eigenvalue weighted by molar-refractivity contribution is 6.54. The van der Waals surface area contributed by atoms with Crippen LogP contribution in [0.15, 0.2) is 48.5 Å². The Hall–Kier alpha value is -2.22. The predicted molar refractivity (Wildman–Crippen MR) is 65.5 cm³/mol. The second kappa shape index (κ2) is 3.14. The van der Waals surface area contributed by atoms with E-state index in [0.717, 1.165) is 22.3 Å². The molecule has 76 valence electrons. The molecule has 0 radical (unpaired) electrons. The van der Waals surface area contributed by atoms with Gasteiger partial charge in [0.2, 0.25) is 0 Å². The molecule has 0 bridgehead atoms. The normalized spacial score (nSPS) is 13.2. The van der Waals surface area contributed by atoms with Crippen molar-refractivity contribution in [2.45, 2.75) is 0 Å². The summed E-state index contributed by atoms with van der Waals surface area (Å²) < 4.78 is 0. The Kier molecular flexibility index (Phi) is 1.77. The number of hydrogen-bond donors (Lipinski definition) is 2. The zero-order valence-electron chi connectivity index (χ0n) is 8.62. The molecule has 0 saturated carbocycles. The van der Waals surface area contributed by atoms with E-state index in [2.05, 4.69) is 0 Å². The molecule has 0 aromatic heterocycles. The first-order valence-electron chi connectivity index (χ1n) is 5.15. The van der Waals surface area contributed by atoms with E-state index in [1.165, 1.54) is 0 Å². The van der Waals surface area contributed by atoms with Gasteiger partial charge in [0.25, 0.3) is 0 Å². The third-order valence-corrected chi connectivity index (χ3v) is 2.93. The fourth-order valence-electron chi connectivity index (χ4n) is 2.14. The summed E-state index contributed by atoms with van der Waals surface area (Å²) in [6.07, 6.45) is 0. The van der Waals surface area contributed by atoms with Gasteiger partial charge >= 0.3 is 0 Å². The molecule has 2 heteroatoms. The Labute approximate surface area is 93.6 Å². The SMILES string of the molecule is N=C1C(=N)c2ccccc2-c2ccccc21. The number of fused-ring (bicyclic) bond motifs is 3. The van der Waals surface area contributed by atoms with Gasteiger partial charge in [-0.05, 0) is 11.1 Å². The van der Waals surface area contributed by atoms with Crippen molar-refractivity contribution < 1.29 is 0 Å². The largest absolute Gasteiger partial charge is 0.298 e. The topological polar surface area (TPSA) is 47.7 Å². The quantitative estimate of drug-likeness (QED) is 0.665. The first-order valence-corrected chi connectivity index (χ1v) is 5.15. The summed E-state index contributed by atoms with van der Waals surface area (Å²) in [5, 5.41) is 16.0. The monoisotopic (exact) mass is 206 g/mol. The average Bonchev–Trinajstić information content (AvgIpc) is 2.36. The predicted octanol–water partition coefficient (Wildman–Crippen LogP) is 3.10. The number of benzene rings is 2. The van der Waals surface area contributed by atoms with Crippen LogP contribution in [0.25, 0.3) is 11.1 Å². The summed E-state index contributed by atoms with van der Waals surface area (Å²) in [4.78, 5) is 0. The van der Waals surface area contributed by atoms with Crippen LogP contribution in [-0.4, -0.2) is 11.4 Å². The lowest BCUT2D eigenvalue weighted by Gasteiger charge is -2.20. The maximum atomic E-state index is 7.98. The highest BCUT2D eigenvalue weighted by Crippen LogP contribution is 2.32. The molecule has 0 aliphatic heterocycles. The molecule has 2 nitrogen and oxygen atoms in total. The molecular formula is C14H10N2. The molecule has 2 aromatic rings. The first-order chi connectivity index (χ1) is 7.79. The summed E-state index contributed by atoms with van der Waals surface area (Å²) in [6.45, 7) is 0. The van der Waals surface area contributed by atoms with Crippen molar-refractivity contribution in [3.63, 3.8) is 0 Å². The number of nitrogens with one attached hydrogen (secondary N) is 2. The van der Waals surface area contributed by atoms with E-state index in [4.69, 9.17) is 10.8 Å². The van der Waals surface area contributed by atoms with Gasteiger partial charge in [-0.15, -0.1) is 0 Å². The minimum absolute atomic E-state index is 0.314. The summed E-state index contributed by atoms with van der Waals surface area (Å²) in [5.74, 6) is 0. The lowest BCUT2D eigenvalue weighted by Crippen LogP contribution is -2.20. The molecular weight excluding hydrogens is 196 g/mol. The lowest BCUT2D eigenvalue weighted by atomic mass is 9.83. The summed E-state index contributed by atoms with van der Waals surface area (Å²) in [7, 11) is 0. The van der Waals surface area contributed by atoms with E-state index in [1.807, 2.05) is 48.5 Å². The summed E-state index contributed by atoms with van der Waals surface area (Å²) >= 11 is 0. The molecule has 16 heavy (non-hydrogen) atoms. The minimum atomic E-state index is 0.314. The number of hydrogen-bond acceptors (Lipinski definition) is 2. The van der Waals surface area contributed by atoms with Crippen LogP contribution >= 0.6 is 0 Å².